The molecule has 3 aromatic rings. The monoisotopic (exact) mass is 390 g/mol. The summed E-state index contributed by atoms with van der Waals surface area (Å²) in [6.45, 7) is 3.36. The average molecular weight is 390 g/mol. The summed E-state index contributed by atoms with van der Waals surface area (Å²) in [5.41, 5.74) is 3.40. The van der Waals surface area contributed by atoms with Gasteiger partial charge in [0.2, 0.25) is 5.95 Å². The van der Waals surface area contributed by atoms with Crippen molar-refractivity contribution in [1.82, 2.24) is 35.0 Å². The van der Waals surface area contributed by atoms with Crippen LogP contribution in [-0.4, -0.2) is 54.0 Å². The SMILES string of the molecule is Cc1cc(C2CCN(C(=O)c3cnc(NC4(c5cncnc5)CC4)nc3)C2)[nH]n1. The number of carbonyl (C=O) groups excluding carboxylic acids is 1. The molecule has 4 heterocycles. The molecule has 1 saturated heterocycles. The third-order valence-corrected chi connectivity index (χ3v) is 5.75. The summed E-state index contributed by atoms with van der Waals surface area (Å²) in [5.74, 6) is 0.771. The molecule has 5 rings (SSSR count). The van der Waals surface area contributed by atoms with Gasteiger partial charge < -0.3 is 10.2 Å². The van der Waals surface area contributed by atoms with Crippen molar-refractivity contribution in [3.8, 4) is 0 Å². The predicted octanol–water partition coefficient (Wildman–Crippen LogP) is 2.03. The number of nitrogens with zero attached hydrogens (tertiary/aromatic N) is 6. The van der Waals surface area contributed by atoms with Crippen LogP contribution in [0.5, 0.6) is 0 Å². The van der Waals surface area contributed by atoms with Crippen molar-refractivity contribution in [3.05, 3.63) is 59.7 Å². The second-order valence-corrected chi connectivity index (χ2v) is 7.83. The summed E-state index contributed by atoms with van der Waals surface area (Å²) in [6, 6.07) is 2.05. The minimum Gasteiger partial charge on any atom is -0.345 e. The number of aromatic nitrogens is 6. The van der Waals surface area contributed by atoms with Crippen molar-refractivity contribution in [2.24, 2.45) is 0 Å². The fourth-order valence-corrected chi connectivity index (χ4v) is 3.91. The van der Waals surface area contributed by atoms with Crippen LogP contribution in [0.4, 0.5) is 5.95 Å². The first-order valence-electron chi connectivity index (χ1n) is 9.80. The number of rotatable bonds is 5. The van der Waals surface area contributed by atoms with Crippen LogP contribution in [0.2, 0.25) is 0 Å². The maximum atomic E-state index is 12.8. The van der Waals surface area contributed by atoms with Gasteiger partial charge >= 0.3 is 0 Å². The summed E-state index contributed by atoms with van der Waals surface area (Å²) in [7, 11) is 0. The second kappa shape index (κ2) is 6.91. The van der Waals surface area contributed by atoms with Gasteiger partial charge in [-0.2, -0.15) is 5.10 Å². The van der Waals surface area contributed by atoms with Crippen molar-refractivity contribution in [1.29, 1.82) is 0 Å². The number of nitrogens with one attached hydrogen (secondary N) is 2. The Hall–Kier alpha value is -3.36. The van der Waals surface area contributed by atoms with Crippen LogP contribution in [0.15, 0.2) is 37.2 Å². The van der Waals surface area contributed by atoms with Crippen LogP contribution in [0, 0.1) is 6.92 Å². The van der Waals surface area contributed by atoms with Crippen molar-refractivity contribution in [3.63, 3.8) is 0 Å². The smallest absolute Gasteiger partial charge is 0.257 e. The van der Waals surface area contributed by atoms with Gasteiger partial charge in [-0.05, 0) is 32.3 Å². The Bertz CT molecular complexity index is 1010. The molecule has 0 bridgehead atoms. The molecular formula is C20H22N8O. The molecule has 2 fully saturated rings. The standard InChI is InChI=1S/C20H22N8O/c1-13-6-17(27-26-13)14-2-5-28(11-14)18(29)15-7-23-19(24-8-15)25-20(3-4-20)16-9-21-12-22-10-16/h6-10,12,14H,2-5,11H2,1H3,(H,26,27)(H,23,24,25). The maximum absolute atomic E-state index is 12.8. The third-order valence-electron chi connectivity index (χ3n) is 5.75. The van der Waals surface area contributed by atoms with Gasteiger partial charge in [0.1, 0.15) is 6.33 Å². The molecule has 2 aliphatic rings. The van der Waals surface area contributed by atoms with E-state index in [-0.39, 0.29) is 11.4 Å². The van der Waals surface area contributed by atoms with E-state index in [9.17, 15) is 4.79 Å². The highest BCUT2D eigenvalue weighted by atomic mass is 16.2. The van der Waals surface area contributed by atoms with Crippen LogP contribution in [0.3, 0.4) is 0 Å². The van der Waals surface area contributed by atoms with E-state index in [1.807, 2.05) is 30.3 Å². The highest BCUT2D eigenvalue weighted by molar-refractivity contribution is 5.94. The normalized spacial score (nSPS) is 19.9. The van der Waals surface area contributed by atoms with E-state index in [0.29, 0.717) is 24.0 Å². The number of carbonyl (C=O) groups is 1. The van der Waals surface area contributed by atoms with E-state index in [4.69, 9.17) is 0 Å². The van der Waals surface area contributed by atoms with Crippen LogP contribution >= 0.6 is 0 Å². The Morgan fingerprint density at radius 3 is 2.62 bits per heavy atom. The molecule has 1 saturated carbocycles. The van der Waals surface area contributed by atoms with Gasteiger partial charge in [0.15, 0.2) is 0 Å². The molecule has 0 radical (unpaired) electrons. The molecule has 1 unspecified atom stereocenters. The topological polar surface area (TPSA) is 113 Å². The lowest BCUT2D eigenvalue weighted by Crippen LogP contribution is -2.29. The molecule has 9 heteroatoms. The first-order chi connectivity index (χ1) is 14.1. The molecule has 3 aromatic heterocycles. The highest BCUT2D eigenvalue weighted by Gasteiger charge is 2.45. The second-order valence-electron chi connectivity index (χ2n) is 7.83. The van der Waals surface area contributed by atoms with E-state index in [1.54, 1.807) is 12.4 Å². The van der Waals surface area contributed by atoms with Crippen molar-refractivity contribution >= 4 is 11.9 Å². The summed E-state index contributed by atoms with van der Waals surface area (Å²) < 4.78 is 0. The molecule has 9 nitrogen and oxygen atoms in total. The van der Waals surface area contributed by atoms with Crippen LogP contribution in [-0.2, 0) is 5.54 Å². The quantitative estimate of drug-likeness (QED) is 0.685. The van der Waals surface area contributed by atoms with E-state index in [1.165, 1.54) is 6.33 Å². The number of amides is 1. The van der Waals surface area contributed by atoms with Crippen molar-refractivity contribution < 1.29 is 4.79 Å². The first-order valence-corrected chi connectivity index (χ1v) is 9.80. The Morgan fingerprint density at radius 1 is 1.21 bits per heavy atom. The van der Waals surface area contributed by atoms with Gasteiger partial charge in [0.25, 0.3) is 5.91 Å². The zero-order chi connectivity index (χ0) is 19.8. The molecule has 1 aliphatic heterocycles. The maximum Gasteiger partial charge on any atom is 0.257 e. The summed E-state index contributed by atoms with van der Waals surface area (Å²) in [4.78, 5) is 31.6. The largest absolute Gasteiger partial charge is 0.345 e. The van der Waals surface area contributed by atoms with Gasteiger partial charge in [0, 0.05) is 55.1 Å². The van der Waals surface area contributed by atoms with Gasteiger partial charge in [-0.1, -0.05) is 0 Å². The van der Waals surface area contributed by atoms with E-state index >= 15 is 0 Å². The number of hydrogen-bond donors (Lipinski definition) is 2. The number of aryl methyl sites for hydroxylation is 1. The number of aromatic amines is 1. The Labute approximate surface area is 168 Å². The van der Waals surface area contributed by atoms with Crippen LogP contribution in [0.1, 0.15) is 52.5 Å². The van der Waals surface area contributed by atoms with E-state index in [2.05, 4.69) is 35.5 Å². The van der Waals surface area contributed by atoms with Gasteiger partial charge in [-0.3, -0.25) is 9.89 Å². The molecule has 1 amide bonds. The lowest BCUT2D eigenvalue weighted by molar-refractivity contribution is 0.0790. The molecule has 1 aliphatic carbocycles. The number of H-pyrrole nitrogens is 1. The van der Waals surface area contributed by atoms with Crippen LogP contribution in [0.25, 0.3) is 0 Å². The fraction of sp³-hybridized carbons (Fsp3) is 0.400. The lowest BCUT2D eigenvalue weighted by atomic mass is 10.1. The predicted molar refractivity (Wildman–Crippen MR) is 105 cm³/mol. The van der Waals surface area contributed by atoms with Gasteiger partial charge in [0.05, 0.1) is 16.8 Å². The fourth-order valence-electron chi connectivity index (χ4n) is 3.91. The van der Waals surface area contributed by atoms with E-state index in [0.717, 1.165) is 42.8 Å². The van der Waals surface area contributed by atoms with Crippen LogP contribution < -0.4 is 5.32 Å². The molecule has 148 valence electrons. The lowest BCUT2D eigenvalue weighted by Gasteiger charge is -2.18. The average Bonchev–Trinajstić information content (AvgIpc) is 3.15. The minimum absolute atomic E-state index is 0.0344. The molecule has 1 atom stereocenters. The Kier molecular flexibility index (Phi) is 4.22. The number of likely N-dealkylation sites (tertiary alicyclic amines) is 1. The molecular weight excluding hydrogens is 368 g/mol. The minimum atomic E-state index is -0.197. The van der Waals surface area contributed by atoms with Gasteiger partial charge in [-0.25, -0.2) is 19.9 Å². The third kappa shape index (κ3) is 3.43. The van der Waals surface area contributed by atoms with E-state index < -0.39 is 0 Å². The molecule has 2 N–H and O–H groups in total. The van der Waals surface area contributed by atoms with Crippen molar-refractivity contribution in [2.75, 3.05) is 18.4 Å². The van der Waals surface area contributed by atoms with Gasteiger partial charge in [-0.15, -0.1) is 0 Å². The zero-order valence-corrected chi connectivity index (χ0v) is 16.2. The Morgan fingerprint density at radius 2 is 1.97 bits per heavy atom. The number of hydrogen-bond acceptors (Lipinski definition) is 7. The molecule has 0 spiro atoms. The first kappa shape index (κ1) is 17.7. The molecule has 29 heavy (non-hydrogen) atoms. The highest BCUT2D eigenvalue weighted by Crippen LogP contribution is 2.47. The molecule has 0 aromatic carbocycles. The zero-order valence-electron chi connectivity index (χ0n) is 16.2. The Balaban J connectivity index is 1.24. The summed E-state index contributed by atoms with van der Waals surface area (Å²) in [6.07, 6.45) is 11.2. The summed E-state index contributed by atoms with van der Waals surface area (Å²) in [5, 5.41) is 10.6. The summed E-state index contributed by atoms with van der Waals surface area (Å²) >= 11 is 0. The number of anilines is 1. The van der Waals surface area contributed by atoms with Crippen molar-refractivity contribution in [2.45, 2.75) is 37.6 Å².